The number of hydrogen-bond donors (Lipinski definition) is 4. The van der Waals surface area contributed by atoms with Crippen LogP contribution in [0.2, 0.25) is 0 Å². The lowest BCUT2D eigenvalue weighted by Crippen LogP contribution is -2.51. The van der Waals surface area contributed by atoms with Crippen LogP contribution in [0.1, 0.15) is 45.2 Å². The fourth-order valence-electron chi connectivity index (χ4n) is 4.76. The number of nitrogens with zero attached hydrogens (tertiary/aromatic N) is 5. The number of pyridine rings is 1. The van der Waals surface area contributed by atoms with Gasteiger partial charge in [0.05, 0.1) is 25.0 Å². The highest BCUT2D eigenvalue weighted by atomic mass is 32.1. The normalized spacial score (nSPS) is 21.5. The molecule has 0 radical (unpaired) electrons. The quantitative estimate of drug-likeness (QED) is 0.340. The summed E-state index contributed by atoms with van der Waals surface area (Å²) in [7, 11) is 0. The zero-order valence-corrected chi connectivity index (χ0v) is 21.9. The topological polar surface area (TPSA) is 120 Å². The van der Waals surface area contributed by atoms with Gasteiger partial charge in [0, 0.05) is 50.0 Å². The Morgan fingerprint density at radius 2 is 1.94 bits per heavy atom. The van der Waals surface area contributed by atoms with Crippen molar-refractivity contribution in [1.29, 1.82) is 0 Å². The Bertz CT molecular complexity index is 1110. The summed E-state index contributed by atoms with van der Waals surface area (Å²) in [5.41, 5.74) is 1.69. The summed E-state index contributed by atoms with van der Waals surface area (Å²) >= 11 is 1.50. The summed E-state index contributed by atoms with van der Waals surface area (Å²) in [4.78, 5) is 22.0. The maximum Gasteiger partial charge on any atom is 0.225 e. The first-order valence-electron chi connectivity index (χ1n) is 12.8. The molecule has 5 rings (SSSR count). The number of anilines is 3. The van der Waals surface area contributed by atoms with Crippen molar-refractivity contribution in [3.63, 3.8) is 0 Å². The maximum absolute atomic E-state index is 9.87. The Morgan fingerprint density at radius 3 is 2.72 bits per heavy atom. The van der Waals surface area contributed by atoms with Gasteiger partial charge in [0.1, 0.15) is 16.2 Å². The predicted molar refractivity (Wildman–Crippen MR) is 143 cm³/mol. The second-order valence-corrected chi connectivity index (χ2v) is 11.3. The maximum atomic E-state index is 9.87. The zero-order valence-electron chi connectivity index (χ0n) is 21.0. The summed E-state index contributed by atoms with van der Waals surface area (Å²) < 4.78 is 5.49. The number of aromatic nitrogens is 4. The molecular weight excluding hydrogens is 476 g/mol. The van der Waals surface area contributed by atoms with E-state index in [2.05, 4.69) is 44.7 Å². The summed E-state index contributed by atoms with van der Waals surface area (Å²) in [6, 6.07) is 6.09. The van der Waals surface area contributed by atoms with Crippen molar-refractivity contribution >= 4 is 38.6 Å². The van der Waals surface area contributed by atoms with Crippen LogP contribution in [0.4, 0.5) is 16.9 Å². The molecule has 0 bridgehead atoms. The largest absolute Gasteiger partial charge is 0.393 e. The van der Waals surface area contributed by atoms with Gasteiger partial charge in [-0.2, -0.15) is 4.98 Å². The fraction of sp³-hybridized carbons (Fsp3) is 0.600. The number of hydrogen-bond acceptors (Lipinski definition) is 11. The van der Waals surface area contributed by atoms with E-state index in [1.807, 2.05) is 18.2 Å². The van der Waals surface area contributed by atoms with Crippen molar-refractivity contribution in [1.82, 2.24) is 30.2 Å². The summed E-state index contributed by atoms with van der Waals surface area (Å²) in [6.07, 6.45) is 5.01. The predicted octanol–water partition coefficient (Wildman–Crippen LogP) is 3.14. The average molecular weight is 513 g/mol. The van der Waals surface area contributed by atoms with E-state index in [0.29, 0.717) is 18.3 Å². The highest BCUT2D eigenvalue weighted by Crippen LogP contribution is 2.27. The molecule has 1 saturated heterocycles. The Morgan fingerprint density at radius 1 is 1.14 bits per heavy atom. The molecule has 2 fully saturated rings. The minimum Gasteiger partial charge on any atom is -0.393 e. The van der Waals surface area contributed by atoms with Crippen molar-refractivity contribution < 1.29 is 9.84 Å². The lowest BCUT2D eigenvalue weighted by Gasteiger charge is -2.35. The molecule has 0 aromatic carbocycles. The van der Waals surface area contributed by atoms with Gasteiger partial charge in [0.2, 0.25) is 5.95 Å². The number of fused-ring (bicyclic) bond motifs is 1. The van der Waals surface area contributed by atoms with Crippen LogP contribution in [0.25, 0.3) is 10.3 Å². The molecule has 0 atom stereocenters. The third kappa shape index (κ3) is 6.86. The van der Waals surface area contributed by atoms with E-state index in [1.165, 1.54) is 11.3 Å². The minimum absolute atomic E-state index is 0.0817. The number of morpholine rings is 1. The molecule has 1 saturated carbocycles. The van der Waals surface area contributed by atoms with E-state index in [4.69, 9.17) is 14.7 Å². The van der Waals surface area contributed by atoms with Gasteiger partial charge in [0.25, 0.3) is 0 Å². The summed E-state index contributed by atoms with van der Waals surface area (Å²) in [6.45, 7) is 9.54. The van der Waals surface area contributed by atoms with E-state index in [1.54, 1.807) is 6.20 Å². The molecule has 3 aromatic rings. The SMILES string of the molecule is CC(C)(CN1CCOCC1)NCc1cc(Nc2nc3cccnc3s2)nc(NC2CCC(O)CC2)n1. The first-order chi connectivity index (χ1) is 17.4. The van der Waals surface area contributed by atoms with Gasteiger partial charge in [0.15, 0.2) is 5.13 Å². The van der Waals surface area contributed by atoms with Crippen molar-refractivity contribution in [2.75, 3.05) is 43.5 Å². The molecule has 194 valence electrons. The molecule has 36 heavy (non-hydrogen) atoms. The second-order valence-electron chi connectivity index (χ2n) is 10.3. The Kier molecular flexibility index (Phi) is 7.92. The van der Waals surface area contributed by atoms with Gasteiger partial charge in [-0.05, 0) is 51.7 Å². The van der Waals surface area contributed by atoms with Gasteiger partial charge in [-0.3, -0.25) is 4.90 Å². The number of ether oxygens (including phenoxy) is 1. The van der Waals surface area contributed by atoms with E-state index in [-0.39, 0.29) is 17.7 Å². The molecule has 0 spiro atoms. The summed E-state index contributed by atoms with van der Waals surface area (Å²) in [5, 5.41) is 21.2. The van der Waals surface area contributed by atoms with Crippen LogP contribution >= 0.6 is 11.3 Å². The number of nitrogens with one attached hydrogen (secondary N) is 3. The van der Waals surface area contributed by atoms with Crippen LogP contribution < -0.4 is 16.0 Å². The first kappa shape index (κ1) is 25.2. The van der Waals surface area contributed by atoms with Crippen LogP contribution in [0.3, 0.4) is 0 Å². The van der Waals surface area contributed by atoms with Gasteiger partial charge in [-0.15, -0.1) is 0 Å². The number of aliphatic hydroxyl groups excluding tert-OH is 1. The summed E-state index contributed by atoms with van der Waals surface area (Å²) in [5.74, 6) is 1.30. The van der Waals surface area contributed by atoms with E-state index in [9.17, 15) is 5.11 Å². The number of aliphatic hydroxyl groups is 1. The number of rotatable bonds is 9. The highest BCUT2D eigenvalue weighted by Gasteiger charge is 2.24. The molecule has 0 unspecified atom stereocenters. The van der Waals surface area contributed by atoms with Crippen LogP contribution in [-0.2, 0) is 11.3 Å². The lowest BCUT2D eigenvalue weighted by molar-refractivity contribution is 0.0268. The average Bonchev–Trinajstić information content (AvgIpc) is 3.27. The van der Waals surface area contributed by atoms with Crippen molar-refractivity contribution in [2.45, 2.75) is 63.8 Å². The van der Waals surface area contributed by atoms with E-state index < -0.39 is 0 Å². The Labute approximate surface area is 215 Å². The standard InChI is InChI=1S/C25H36N8O2S/c1-25(2,16-33-10-12-35-13-11-33)27-15-18-14-21(32-24-30-20-4-3-9-26-22(20)36-24)31-23(29-18)28-17-5-7-19(34)8-6-17/h3-4,9,14,17,19,27,34H,5-8,10-13,15-16H2,1-2H3,(H2,28,29,30,31,32). The lowest BCUT2D eigenvalue weighted by atomic mass is 9.93. The van der Waals surface area contributed by atoms with Gasteiger partial charge in [-0.1, -0.05) is 11.3 Å². The molecule has 1 aliphatic carbocycles. The van der Waals surface area contributed by atoms with Crippen molar-refractivity contribution in [3.05, 3.63) is 30.1 Å². The van der Waals surface area contributed by atoms with Crippen molar-refractivity contribution in [2.24, 2.45) is 0 Å². The van der Waals surface area contributed by atoms with E-state index >= 15 is 0 Å². The molecule has 4 heterocycles. The third-order valence-electron chi connectivity index (χ3n) is 6.68. The molecule has 3 aromatic heterocycles. The Hall–Kier alpha value is -2.44. The van der Waals surface area contributed by atoms with Crippen LogP contribution in [-0.4, -0.2) is 80.5 Å². The monoisotopic (exact) mass is 512 g/mol. The fourth-order valence-corrected chi connectivity index (χ4v) is 5.57. The van der Waals surface area contributed by atoms with Crippen LogP contribution in [0, 0.1) is 0 Å². The van der Waals surface area contributed by atoms with Gasteiger partial charge >= 0.3 is 0 Å². The van der Waals surface area contributed by atoms with Crippen LogP contribution in [0.15, 0.2) is 24.4 Å². The minimum atomic E-state index is -0.196. The Balaban J connectivity index is 1.31. The third-order valence-corrected chi connectivity index (χ3v) is 7.58. The van der Waals surface area contributed by atoms with Gasteiger partial charge in [-0.25, -0.2) is 15.0 Å². The number of thiazole rings is 1. The zero-order chi connectivity index (χ0) is 25.0. The highest BCUT2D eigenvalue weighted by molar-refractivity contribution is 7.21. The molecule has 10 nitrogen and oxygen atoms in total. The smallest absolute Gasteiger partial charge is 0.225 e. The van der Waals surface area contributed by atoms with Gasteiger partial charge < -0.3 is 25.8 Å². The molecule has 1 aliphatic heterocycles. The van der Waals surface area contributed by atoms with Crippen LogP contribution in [0.5, 0.6) is 0 Å². The molecule has 4 N–H and O–H groups in total. The second kappa shape index (κ2) is 11.3. The van der Waals surface area contributed by atoms with Crippen molar-refractivity contribution in [3.8, 4) is 0 Å². The molecule has 11 heteroatoms. The first-order valence-corrected chi connectivity index (χ1v) is 13.6. The molecular formula is C25H36N8O2S. The molecule has 0 amide bonds. The molecule has 2 aliphatic rings. The van der Waals surface area contributed by atoms with E-state index in [0.717, 1.165) is 79.7 Å².